The summed E-state index contributed by atoms with van der Waals surface area (Å²) < 4.78 is 0. The van der Waals surface area contributed by atoms with Gasteiger partial charge in [0.15, 0.2) is 0 Å². The van der Waals surface area contributed by atoms with Crippen molar-refractivity contribution in [2.75, 3.05) is 39.3 Å². The van der Waals surface area contributed by atoms with Gasteiger partial charge in [-0.25, -0.2) is 0 Å². The minimum Gasteiger partial charge on any atom is -0.301 e. The number of nitrogens with zero attached hydrogens (tertiary/aromatic N) is 3. The Labute approximate surface area is 119 Å². The molecular formula is C16H31N3. The van der Waals surface area contributed by atoms with Gasteiger partial charge in [-0.3, -0.25) is 9.89 Å². The standard InChI is InChI=1S/C14H25N3.C2H6/c1-5-6-16-7-9-17(10-8-16)12-14(4)11-15-13(2)3;1-2/h11H,2,4-10,12H2,1,3H3;1-2H3. The summed E-state index contributed by atoms with van der Waals surface area (Å²) in [6.45, 7) is 22.7. The maximum absolute atomic E-state index is 4.18. The van der Waals surface area contributed by atoms with Gasteiger partial charge in [-0.15, -0.1) is 0 Å². The van der Waals surface area contributed by atoms with Crippen LogP contribution in [0.1, 0.15) is 34.1 Å². The zero-order chi connectivity index (χ0) is 14.7. The molecule has 0 unspecified atom stereocenters. The third-order valence-corrected chi connectivity index (χ3v) is 2.90. The average Bonchev–Trinajstić information content (AvgIpc) is 2.41. The summed E-state index contributed by atoms with van der Waals surface area (Å²) in [7, 11) is 0. The van der Waals surface area contributed by atoms with E-state index in [1.54, 1.807) is 0 Å². The van der Waals surface area contributed by atoms with E-state index in [0.29, 0.717) is 0 Å². The van der Waals surface area contributed by atoms with Gasteiger partial charge in [-0.1, -0.05) is 33.9 Å². The van der Waals surface area contributed by atoms with Crippen LogP contribution in [0, 0.1) is 0 Å². The molecule has 110 valence electrons. The van der Waals surface area contributed by atoms with E-state index in [-0.39, 0.29) is 0 Å². The van der Waals surface area contributed by atoms with Crippen LogP contribution in [0.25, 0.3) is 0 Å². The average molecular weight is 265 g/mol. The van der Waals surface area contributed by atoms with Crippen LogP contribution in [0.15, 0.2) is 29.4 Å². The van der Waals surface area contributed by atoms with Crippen LogP contribution >= 0.6 is 0 Å². The molecule has 0 N–H and O–H groups in total. The predicted molar refractivity (Wildman–Crippen MR) is 87.0 cm³/mol. The van der Waals surface area contributed by atoms with Crippen molar-refractivity contribution < 1.29 is 0 Å². The summed E-state index contributed by atoms with van der Waals surface area (Å²) >= 11 is 0. The Morgan fingerprint density at radius 1 is 1.11 bits per heavy atom. The monoisotopic (exact) mass is 265 g/mol. The molecule has 1 aliphatic heterocycles. The first kappa shape index (κ1) is 18.1. The fraction of sp³-hybridized carbons (Fsp3) is 0.688. The SMILES string of the molecule is C=C(C=NC(=C)C)CN1CCN(CCC)CC1.CC. The number of aliphatic imine (C=N–C) groups is 1. The molecule has 0 aromatic carbocycles. The Bertz CT molecular complexity index is 286. The van der Waals surface area contributed by atoms with E-state index in [1.165, 1.54) is 26.1 Å². The molecule has 3 heteroatoms. The molecule has 0 amide bonds. The summed E-state index contributed by atoms with van der Waals surface area (Å²) in [4.78, 5) is 9.15. The van der Waals surface area contributed by atoms with Gasteiger partial charge in [-0.2, -0.15) is 0 Å². The Kier molecular flexibility index (Phi) is 10.4. The van der Waals surface area contributed by atoms with Gasteiger partial charge < -0.3 is 4.90 Å². The quantitative estimate of drug-likeness (QED) is 0.687. The van der Waals surface area contributed by atoms with Crippen LogP contribution in [0.4, 0.5) is 0 Å². The van der Waals surface area contributed by atoms with Gasteiger partial charge in [0.2, 0.25) is 0 Å². The summed E-state index contributed by atoms with van der Waals surface area (Å²) in [5, 5.41) is 0. The molecule has 0 saturated carbocycles. The highest BCUT2D eigenvalue weighted by Gasteiger charge is 2.15. The summed E-state index contributed by atoms with van der Waals surface area (Å²) in [5.74, 6) is 0. The zero-order valence-electron chi connectivity index (χ0n) is 13.3. The zero-order valence-corrected chi connectivity index (χ0v) is 13.3. The van der Waals surface area contributed by atoms with Crippen molar-refractivity contribution in [3.63, 3.8) is 0 Å². The van der Waals surface area contributed by atoms with Crippen LogP contribution in [0.3, 0.4) is 0 Å². The number of hydrogen-bond acceptors (Lipinski definition) is 3. The second-order valence-electron chi connectivity index (χ2n) is 4.77. The Morgan fingerprint density at radius 2 is 1.63 bits per heavy atom. The highest BCUT2D eigenvalue weighted by atomic mass is 15.3. The Morgan fingerprint density at radius 3 is 2.11 bits per heavy atom. The summed E-state index contributed by atoms with van der Waals surface area (Å²) in [5.41, 5.74) is 1.90. The minimum atomic E-state index is 0.832. The van der Waals surface area contributed by atoms with Crippen molar-refractivity contribution in [1.29, 1.82) is 0 Å². The van der Waals surface area contributed by atoms with Gasteiger partial charge in [0.05, 0.1) is 0 Å². The molecule has 3 nitrogen and oxygen atoms in total. The number of piperazine rings is 1. The molecule has 0 aromatic rings. The second-order valence-corrected chi connectivity index (χ2v) is 4.77. The Balaban J connectivity index is 0.00000154. The molecule has 1 rings (SSSR count). The molecule has 1 fully saturated rings. The van der Waals surface area contributed by atoms with E-state index in [0.717, 1.165) is 30.9 Å². The molecule has 0 radical (unpaired) electrons. The van der Waals surface area contributed by atoms with E-state index in [4.69, 9.17) is 0 Å². The van der Waals surface area contributed by atoms with Crippen molar-refractivity contribution in [3.8, 4) is 0 Å². The smallest absolute Gasteiger partial charge is 0.0309 e. The molecule has 0 aliphatic carbocycles. The van der Waals surface area contributed by atoms with Crippen molar-refractivity contribution in [3.05, 3.63) is 24.4 Å². The van der Waals surface area contributed by atoms with Crippen LogP contribution in [0.5, 0.6) is 0 Å². The molecule has 1 saturated heterocycles. The molecule has 0 atom stereocenters. The first-order valence-electron chi connectivity index (χ1n) is 7.44. The van der Waals surface area contributed by atoms with Crippen LogP contribution in [-0.4, -0.2) is 55.3 Å². The van der Waals surface area contributed by atoms with Crippen LogP contribution in [0.2, 0.25) is 0 Å². The highest BCUT2D eigenvalue weighted by Crippen LogP contribution is 2.04. The van der Waals surface area contributed by atoms with Crippen molar-refractivity contribution in [1.82, 2.24) is 9.80 Å². The van der Waals surface area contributed by atoms with Crippen molar-refractivity contribution in [2.24, 2.45) is 4.99 Å². The topological polar surface area (TPSA) is 18.8 Å². The predicted octanol–water partition coefficient (Wildman–Crippen LogP) is 3.20. The maximum atomic E-state index is 4.18. The molecular weight excluding hydrogens is 234 g/mol. The van der Waals surface area contributed by atoms with Crippen molar-refractivity contribution in [2.45, 2.75) is 34.1 Å². The van der Waals surface area contributed by atoms with E-state index >= 15 is 0 Å². The van der Waals surface area contributed by atoms with Gasteiger partial charge in [0.25, 0.3) is 0 Å². The normalized spacial score (nSPS) is 17.1. The molecule has 1 aliphatic rings. The first-order valence-corrected chi connectivity index (χ1v) is 7.44. The fourth-order valence-corrected chi connectivity index (χ4v) is 2.02. The second kappa shape index (κ2) is 10.9. The lowest BCUT2D eigenvalue weighted by Crippen LogP contribution is -2.46. The number of hydrogen-bond donors (Lipinski definition) is 0. The van der Waals surface area contributed by atoms with Gasteiger partial charge in [0.1, 0.15) is 0 Å². The van der Waals surface area contributed by atoms with E-state index in [1.807, 2.05) is 27.0 Å². The first-order chi connectivity index (χ1) is 9.11. The van der Waals surface area contributed by atoms with Crippen LogP contribution < -0.4 is 0 Å². The van der Waals surface area contributed by atoms with Crippen molar-refractivity contribution >= 4 is 6.21 Å². The number of rotatable bonds is 6. The lowest BCUT2D eigenvalue weighted by Gasteiger charge is -2.34. The molecule has 0 spiro atoms. The van der Waals surface area contributed by atoms with Crippen LogP contribution in [-0.2, 0) is 0 Å². The van der Waals surface area contributed by atoms with Gasteiger partial charge in [0, 0.05) is 44.6 Å². The third kappa shape index (κ3) is 8.73. The largest absolute Gasteiger partial charge is 0.301 e. The molecule has 0 aromatic heterocycles. The Hall–Kier alpha value is -0.930. The van der Waals surface area contributed by atoms with E-state index in [9.17, 15) is 0 Å². The number of allylic oxidation sites excluding steroid dienone is 1. The minimum absolute atomic E-state index is 0.832. The van der Waals surface area contributed by atoms with Gasteiger partial charge in [-0.05, 0) is 25.5 Å². The maximum Gasteiger partial charge on any atom is 0.0309 e. The molecule has 0 bridgehead atoms. The highest BCUT2D eigenvalue weighted by molar-refractivity contribution is 5.78. The molecule has 19 heavy (non-hydrogen) atoms. The lowest BCUT2D eigenvalue weighted by atomic mass is 10.2. The van der Waals surface area contributed by atoms with E-state index < -0.39 is 0 Å². The summed E-state index contributed by atoms with van der Waals surface area (Å²) in [6.07, 6.45) is 3.08. The fourth-order valence-electron chi connectivity index (χ4n) is 2.02. The van der Waals surface area contributed by atoms with E-state index in [2.05, 4.69) is 34.9 Å². The molecule has 1 heterocycles. The summed E-state index contributed by atoms with van der Waals surface area (Å²) in [6, 6.07) is 0. The van der Waals surface area contributed by atoms with Gasteiger partial charge >= 0.3 is 0 Å². The lowest BCUT2D eigenvalue weighted by molar-refractivity contribution is 0.142. The third-order valence-electron chi connectivity index (χ3n) is 2.90.